The van der Waals surface area contributed by atoms with E-state index in [4.69, 9.17) is 9.63 Å². The van der Waals surface area contributed by atoms with Crippen LogP contribution in [0.1, 0.15) is 35.7 Å². The minimum Gasteiger partial charge on any atom is -0.476 e. The maximum absolute atomic E-state index is 13.8. The summed E-state index contributed by atoms with van der Waals surface area (Å²) in [4.78, 5) is 10.7. The van der Waals surface area contributed by atoms with Crippen LogP contribution in [0.3, 0.4) is 0 Å². The van der Waals surface area contributed by atoms with Gasteiger partial charge < -0.3 is 9.63 Å². The zero-order chi connectivity index (χ0) is 14.2. The quantitative estimate of drug-likeness (QED) is 0.928. The Morgan fingerprint density at radius 1 is 1.32 bits per heavy atom. The Kier molecular flexibility index (Phi) is 3.09. The Labute approximate surface area is 107 Å². The van der Waals surface area contributed by atoms with Crippen LogP contribution in [0.4, 0.5) is 8.78 Å². The van der Waals surface area contributed by atoms with Gasteiger partial charge in [-0.2, -0.15) is 0 Å². The predicted molar refractivity (Wildman–Crippen MR) is 61.9 cm³/mol. The van der Waals surface area contributed by atoms with Crippen LogP contribution in [-0.2, 0) is 5.41 Å². The Morgan fingerprint density at radius 3 is 2.53 bits per heavy atom. The molecule has 0 radical (unpaired) electrons. The lowest BCUT2D eigenvalue weighted by Crippen LogP contribution is -2.20. The Balaban J connectivity index is 2.48. The van der Waals surface area contributed by atoms with E-state index >= 15 is 0 Å². The summed E-state index contributed by atoms with van der Waals surface area (Å²) in [5.74, 6) is -2.44. The fourth-order valence-corrected chi connectivity index (χ4v) is 1.80. The van der Waals surface area contributed by atoms with Gasteiger partial charge in [-0.3, -0.25) is 0 Å². The second kappa shape index (κ2) is 4.46. The predicted octanol–water partition coefficient (Wildman–Crippen LogP) is 2.98. The molecular formula is C13H11F2NO3. The number of hydrogen-bond donors (Lipinski definition) is 1. The largest absolute Gasteiger partial charge is 0.476 e. The molecule has 0 saturated heterocycles. The van der Waals surface area contributed by atoms with Gasteiger partial charge >= 0.3 is 5.97 Å². The maximum Gasteiger partial charge on any atom is 0.358 e. The molecular weight excluding hydrogens is 256 g/mol. The number of hydrogen-bond acceptors (Lipinski definition) is 3. The molecule has 1 N–H and O–H groups in total. The van der Waals surface area contributed by atoms with Crippen LogP contribution < -0.4 is 0 Å². The first-order chi connectivity index (χ1) is 8.82. The first-order valence-electron chi connectivity index (χ1n) is 5.48. The first-order valence-corrected chi connectivity index (χ1v) is 5.48. The van der Waals surface area contributed by atoms with Crippen LogP contribution in [0.5, 0.6) is 0 Å². The van der Waals surface area contributed by atoms with E-state index in [9.17, 15) is 13.6 Å². The van der Waals surface area contributed by atoms with E-state index in [1.807, 2.05) is 0 Å². The van der Waals surface area contributed by atoms with E-state index in [2.05, 4.69) is 5.16 Å². The molecule has 19 heavy (non-hydrogen) atoms. The smallest absolute Gasteiger partial charge is 0.358 e. The van der Waals surface area contributed by atoms with Gasteiger partial charge in [0, 0.05) is 17.7 Å². The molecule has 2 aromatic rings. The zero-order valence-electron chi connectivity index (χ0n) is 10.3. The van der Waals surface area contributed by atoms with Crippen molar-refractivity contribution in [3.63, 3.8) is 0 Å². The van der Waals surface area contributed by atoms with Crippen LogP contribution in [0.2, 0.25) is 0 Å². The third-order valence-corrected chi connectivity index (χ3v) is 2.95. The third-order valence-electron chi connectivity index (χ3n) is 2.95. The number of benzene rings is 1. The Hall–Kier alpha value is -2.24. The van der Waals surface area contributed by atoms with Crippen molar-refractivity contribution in [1.29, 1.82) is 0 Å². The summed E-state index contributed by atoms with van der Waals surface area (Å²) < 4.78 is 31.6. The fourth-order valence-electron chi connectivity index (χ4n) is 1.80. The highest BCUT2D eigenvalue weighted by molar-refractivity contribution is 5.85. The van der Waals surface area contributed by atoms with E-state index in [0.29, 0.717) is 0 Å². The lowest BCUT2D eigenvalue weighted by atomic mass is 9.82. The minimum absolute atomic E-state index is 0.190. The van der Waals surface area contributed by atoms with E-state index in [1.54, 1.807) is 13.8 Å². The van der Waals surface area contributed by atoms with Gasteiger partial charge in [-0.15, -0.1) is 0 Å². The molecule has 0 amide bonds. The summed E-state index contributed by atoms with van der Waals surface area (Å²) in [6.45, 7) is 3.27. The van der Waals surface area contributed by atoms with E-state index in [1.165, 1.54) is 12.1 Å². The monoisotopic (exact) mass is 267 g/mol. The van der Waals surface area contributed by atoms with Crippen LogP contribution >= 0.6 is 0 Å². The van der Waals surface area contributed by atoms with Gasteiger partial charge in [-0.05, 0) is 19.9 Å². The Bertz CT molecular complexity index is 635. The molecule has 0 fully saturated rings. The molecule has 1 heterocycles. The second-order valence-electron chi connectivity index (χ2n) is 4.63. The summed E-state index contributed by atoms with van der Waals surface area (Å²) in [6, 6.07) is 4.43. The molecule has 0 atom stereocenters. The van der Waals surface area contributed by atoms with E-state index < -0.39 is 23.0 Å². The van der Waals surface area contributed by atoms with Crippen LogP contribution in [0.25, 0.3) is 0 Å². The number of halogens is 2. The molecule has 4 nitrogen and oxygen atoms in total. The van der Waals surface area contributed by atoms with Crippen molar-refractivity contribution >= 4 is 5.97 Å². The SMILES string of the molecule is CC(C)(c1cc(C(=O)O)no1)c1ccc(F)cc1F. The Morgan fingerprint density at radius 2 is 2.00 bits per heavy atom. The second-order valence-corrected chi connectivity index (χ2v) is 4.63. The summed E-state index contributed by atoms with van der Waals surface area (Å²) >= 11 is 0. The van der Waals surface area contributed by atoms with Crippen LogP contribution in [0, 0.1) is 11.6 Å². The molecule has 0 aliphatic heterocycles. The topological polar surface area (TPSA) is 63.3 Å². The minimum atomic E-state index is -1.23. The van der Waals surface area contributed by atoms with Crippen molar-refractivity contribution in [2.75, 3.05) is 0 Å². The van der Waals surface area contributed by atoms with E-state index in [-0.39, 0.29) is 17.0 Å². The molecule has 0 aliphatic carbocycles. The number of rotatable bonds is 3. The third kappa shape index (κ3) is 2.33. The van der Waals surface area contributed by atoms with Crippen LogP contribution in [-0.4, -0.2) is 16.2 Å². The maximum atomic E-state index is 13.8. The average Bonchev–Trinajstić information content (AvgIpc) is 2.78. The van der Waals surface area contributed by atoms with Gasteiger partial charge in [0.1, 0.15) is 17.4 Å². The highest BCUT2D eigenvalue weighted by atomic mass is 19.1. The number of aromatic carboxylic acids is 1. The van der Waals surface area contributed by atoms with Gasteiger partial charge in [0.2, 0.25) is 0 Å². The molecule has 1 aromatic heterocycles. The number of carbonyl (C=O) groups is 1. The van der Waals surface area contributed by atoms with E-state index in [0.717, 1.165) is 12.1 Å². The summed E-state index contributed by atoms with van der Waals surface area (Å²) in [5, 5.41) is 12.2. The zero-order valence-corrected chi connectivity index (χ0v) is 10.3. The standard InChI is InChI=1S/C13H11F2NO3/c1-13(2,8-4-3-7(14)5-9(8)15)11-6-10(12(17)18)16-19-11/h3-6H,1-2H3,(H,17,18). The molecule has 6 heteroatoms. The van der Waals surface area contributed by atoms with Crippen molar-refractivity contribution < 1.29 is 23.2 Å². The fraction of sp³-hybridized carbons (Fsp3) is 0.231. The number of carboxylic acid groups (broad SMARTS) is 1. The van der Waals surface area contributed by atoms with Gasteiger partial charge in [-0.25, -0.2) is 13.6 Å². The van der Waals surface area contributed by atoms with Crippen LogP contribution in [0.15, 0.2) is 28.8 Å². The average molecular weight is 267 g/mol. The number of aromatic nitrogens is 1. The number of nitrogens with zero attached hydrogens (tertiary/aromatic N) is 1. The highest BCUT2D eigenvalue weighted by Gasteiger charge is 2.31. The molecule has 0 spiro atoms. The van der Waals surface area contributed by atoms with Crippen molar-refractivity contribution in [3.8, 4) is 0 Å². The summed E-state index contributed by atoms with van der Waals surface area (Å²) in [5.41, 5.74) is -1.02. The molecule has 100 valence electrons. The van der Waals surface area contributed by atoms with Gasteiger partial charge in [0.25, 0.3) is 0 Å². The number of carboxylic acids is 1. The first kappa shape index (κ1) is 13.2. The van der Waals surface area contributed by atoms with Crippen molar-refractivity contribution in [1.82, 2.24) is 5.16 Å². The molecule has 2 rings (SSSR count). The molecule has 0 bridgehead atoms. The lowest BCUT2D eigenvalue weighted by molar-refractivity contribution is 0.0685. The summed E-state index contributed by atoms with van der Waals surface area (Å²) in [7, 11) is 0. The van der Waals surface area contributed by atoms with Crippen molar-refractivity contribution in [2.24, 2.45) is 0 Å². The molecule has 1 aromatic carbocycles. The molecule has 0 unspecified atom stereocenters. The van der Waals surface area contributed by atoms with Gasteiger partial charge in [0.15, 0.2) is 5.69 Å². The lowest BCUT2D eigenvalue weighted by Gasteiger charge is -2.22. The van der Waals surface area contributed by atoms with Crippen molar-refractivity contribution in [3.05, 3.63) is 52.9 Å². The normalized spacial score (nSPS) is 11.6. The summed E-state index contributed by atoms with van der Waals surface area (Å²) in [6.07, 6.45) is 0. The molecule has 0 aliphatic rings. The molecule has 0 saturated carbocycles. The van der Waals surface area contributed by atoms with Crippen molar-refractivity contribution in [2.45, 2.75) is 19.3 Å². The highest BCUT2D eigenvalue weighted by Crippen LogP contribution is 2.33. The van der Waals surface area contributed by atoms with Gasteiger partial charge in [-0.1, -0.05) is 11.2 Å². The van der Waals surface area contributed by atoms with Gasteiger partial charge in [0.05, 0.1) is 5.41 Å².